The van der Waals surface area contributed by atoms with E-state index in [4.69, 9.17) is 10.5 Å². The number of likely N-dealkylation sites (tertiary alicyclic amines) is 1. The average Bonchev–Trinajstić information content (AvgIpc) is 2.74. The summed E-state index contributed by atoms with van der Waals surface area (Å²) in [5.41, 5.74) is 6.76. The minimum absolute atomic E-state index is 0. The first-order valence-corrected chi connectivity index (χ1v) is 5.89. The molecule has 106 valence electrons. The summed E-state index contributed by atoms with van der Waals surface area (Å²) in [5.74, 6) is 0.293. The van der Waals surface area contributed by atoms with E-state index in [1.807, 2.05) is 6.07 Å². The average molecular weight is 288 g/mol. The van der Waals surface area contributed by atoms with Crippen LogP contribution >= 0.6 is 12.4 Å². The molecule has 7 heteroatoms. The second kappa shape index (κ2) is 6.70. The molecule has 0 aromatic heterocycles. The molecule has 1 fully saturated rings. The Balaban J connectivity index is 0.00000180. The van der Waals surface area contributed by atoms with Crippen molar-refractivity contribution in [2.45, 2.75) is 19.0 Å². The van der Waals surface area contributed by atoms with Gasteiger partial charge in [-0.2, -0.15) is 0 Å². The van der Waals surface area contributed by atoms with Gasteiger partial charge in [0.25, 0.3) is 0 Å². The number of methoxy groups -OCH3 is 1. The van der Waals surface area contributed by atoms with Crippen LogP contribution in [-0.2, 0) is 6.54 Å². The number of nitro groups is 1. The highest BCUT2D eigenvalue weighted by Gasteiger charge is 2.21. The summed E-state index contributed by atoms with van der Waals surface area (Å²) >= 11 is 0. The molecular weight excluding hydrogens is 270 g/mol. The van der Waals surface area contributed by atoms with Crippen LogP contribution in [0.5, 0.6) is 5.75 Å². The van der Waals surface area contributed by atoms with Gasteiger partial charge in [0.2, 0.25) is 0 Å². The SMILES string of the molecule is COc1ccc(CN2CC[C@@H](N)C2)cc1[N+](=O)[O-].Cl. The predicted octanol–water partition coefficient (Wildman–Crippen LogP) is 1.56. The van der Waals surface area contributed by atoms with E-state index in [9.17, 15) is 10.1 Å². The summed E-state index contributed by atoms with van der Waals surface area (Å²) in [4.78, 5) is 12.7. The molecule has 0 amide bonds. The molecule has 0 unspecified atom stereocenters. The third-order valence-electron chi connectivity index (χ3n) is 3.15. The van der Waals surface area contributed by atoms with E-state index in [2.05, 4.69) is 4.90 Å². The van der Waals surface area contributed by atoms with Crippen molar-refractivity contribution in [3.63, 3.8) is 0 Å². The zero-order valence-corrected chi connectivity index (χ0v) is 11.6. The van der Waals surface area contributed by atoms with Crippen LogP contribution in [0.3, 0.4) is 0 Å². The van der Waals surface area contributed by atoms with E-state index < -0.39 is 4.92 Å². The Morgan fingerprint density at radius 1 is 1.58 bits per heavy atom. The van der Waals surface area contributed by atoms with Crippen LogP contribution in [0, 0.1) is 10.1 Å². The Kier molecular flexibility index (Phi) is 5.53. The van der Waals surface area contributed by atoms with E-state index in [1.165, 1.54) is 7.11 Å². The number of hydrogen-bond donors (Lipinski definition) is 1. The van der Waals surface area contributed by atoms with Crippen molar-refractivity contribution in [3.05, 3.63) is 33.9 Å². The Morgan fingerprint density at radius 2 is 2.32 bits per heavy atom. The van der Waals surface area contributed by atoms with Crippen molar-refractivity contribution in [1.82, 2.24) is 4.90 Å². The second-order valence-electron chi connectivity index (χ2n) is 4.55. The van der Waals surface area contributed by atoms with Crippen molar-refractivity contribution >= 4 is 18.1 Å². The summed E-state index contributed by atoms with van der Waals surface area (Å²) in [6.07, 6.45) is 0.984. The van der Waals surface area contributed by atoms with Gasteiger partial charge < -0.3 is 10.5 Å². The standard InChI is InChI=1S/C12H17N3O3.ClH/c1-18-12-3-2-9(6-11(12)15(16)17)7-14-5-4-10(13)8-14;/h2-3,6,10H,4-5,7-8,13H2,1H3;1H/t10-;/m1./s1. The molecule has 0 aliphatic carbocycles. The number of halogens is 1. The van der Waals surface area contributed by atoms with E-state index >= 15 is 0 Å². The minimum atomic E-state index is -0.419. The highest BCUT2D eigenvalue weighted by atomic mass is 35.5. The van der Waals surface area contributed by atoms with Gasteiger partial charge in [0.15, 0.2) is 5.75 Å². The molecule has 0 bridgehead atoms. The van der Waals surface area contributed by atoms with Crippen molar-refractivity contribution in [1.29, 1.82) is 0 Å². The third-order valence-corrected chi connectivity index (χ3v) is 3.15. The summed E-state index contributed by atoms with van der Waals surface area (Å²) in [6.45, 7) is 2.49. The lowest BCUT2D eigenvalue weighted by atomic mass is 10.2. The Bertz CT molecular complexity index is 456. The topological polar surface area (TPSA) is 81.6 Å². The molecule has 2 rings (SSSR count). The minimum Gasteiger partial charge on any atom is -0.490 e. The molecule has 19 heavy (non-hydrogen) atoms. The fraction of sp³-hybridized carbons (Fsp3) is 0.500. The quantitative estimate of drug-likeness (QED) is 0.671. The van der Waals surface area contributed by atoms with E-state index in [0.29, 0.717) is 12.3 Å². The van der Waals surface area contributed by atoms with Gasteiger partial charge in [-0.15, -0.1) is 12.4 Å². The lowest BCUT2D eigenvalue weighted by molar-refractivity contribution is -0.385. The summed E-state index contributed by atoms with van der Waals surface area (Å²) in [7, 11) is 1.43. The maximum Gasteiger partial charge on any atom is 0.311 e. The van der Waals surface area contributed by atoms with Crippen LogP contribution in [0.2, 0.25) is 0 Å². The molecule has 1 aliphatic heterocycles. The number of nitro benzene ring substituents is 1. The second-order valence-corrected chi connectivity index (χ2v) is 4.55. The Hall–Kier alpha value is -1.37. The lowest BCUT2D eigenvalue weighted by Crippen LogP contribution is -2.26. The Morgan fingerprint density at radius 3 is 2.84 bits per heavy atom. The molecule has 0 spiro atoms. The first-order valence-electron chi connectivity index (χ1n) is 5.89. The molecule has 1 aromatic rings. The first-order chi connectivity index (χ1) is 8.60. The molecule has 0 saturated carbocycles. The van der Waals surface area contributed by atoms with Crippen LogP contribution in [0.15, 0.2) is 18.2 Å². The number of ether oxygens (including phenoxy) is 1. The first kappa shape index (κ1) is 15.7. The number of nitrogens with two attached hydrogens (primary N) is 1. The van der Waals surface area contributed by atoms with Gasteiger partial charge in [0, 0.05) is 31.7 Å². The van der Waals surface area contributed by atoms with Gasteiger partial charge >= 0.3 is 5.69 Å². The van der Waals surface area contributed by atoms with Gasteiger partial charge in [-0.1, -0.05) is 6.07 Å². The Labute approximate surface area is 118 Å². The van der Waals surface area contributed by atoms with Crippen LogP contribution < -0.4 is 10.5 Å². The van der Waals surface area contributed by atoms with E-state index in [-0.39, 0.29) is 24.1 Å². The number of rotatable bonds is 4. The number of nitrogens with zero attached hydrogens (tertiary/aromatic N) is 2. The molecule has 2 N–H and O–H groups in total. The van der Waals surface area contributed by atoms with Gasteiger partial charge in [-0.25, -0.2) is 0 Å². The van der Waals surface area contributed by atoms with Gasteiger partial charge in [0.1, 0.15) is 0 Å². The van der Waals surface area contributed by atoms with Gasteiger partial charge in [-0.3, -0.25) is 15.0 Å². The normalized spacial score (nSPS) is 18.9. The highest BCUT2D eigenvalue weighted by molar-refractivity contribution is 5.85. The van der Waals surface area contributed by atoms with E-state index in [0.717, 1.165) is 25.1 Å². The molecule has 1 aliphatic rings. The largest absolute Gasteiger partial charge is 0.490 e. The molecule has 6 nitrogen and oxygen atoms in total. The van der Waals surface area contributed by atoms with Crippen LogP contribution in [0.4, 0.5) is 5.69 Å². The molecule has 1 heterocycles. The monoisotopic (exact) mass is 287 g/mol. The maximum atomic E-state index is 10.9. The van der Waals surface area contributed by atoms with Crippen molar-refractivity contribution in [2.24, 2.45) is 5.73 Å². The summed E-state index contributed by atoms with van der Waals surface area (Å²) in [5, 5.41) is 10.9. The van der Waals surface area contributed by atoms with Crippen molar-refractivity contribution < 1.29 is 9.66 Å². The molecule has 1 aromatic carbocycles. The van der Waals surface area contributed by atoms with Crippen LogP contribution in [0.1, 0.15) is 12.0 Å². The van der Waals surface area contributed by atoms with E-state index in [1.54, 1.807) is 12.1 Å². The number of benzene rings is 1. The fourth-order valence-electron chi connectivity index (χ4n) is 2.24. The summed E-state index contributed by atoms with van der Waals surface area (Å²) in [6, 6.07) is 5.29. The highest BCUT2D eigenvalue weighted by Crippen LogP contribution is 2.28. The summed E-state index contributed by atoms with van der Waals surface area (Å²) < 4.78 is 4.97. The van der Waals surface area contributed by atoms with Crippen molar-refractivity contribution in [2.75, 3.05) is 20.2 Å². The van der Waals surface area contributed by atoms with Gasteiger partial charge in [0.05, 0.1) is 12.0 Å². The fourth-order valence-corrected chi connectivity index (χ4v) is 2.24. The van der Waals surface area contributed by atoms with Gasteiger partial charge in [-0.05, 0) is 18.1 Å². The molecule has 1 saturated heterocycles. The number of hydrogen-bond acceptors (Lipinski definition) is 5. The van der Waals surface area contributed by atoms with Crippen LogP contribution in [-0.4, -0.2) is 36.1 Å². The maximum absolute atomic E-state index is 10.9. The smallest absolute Gasteiger partial charge is 0.311 e. The molecular formula is C12H18ClN3O3. The van der Waals surface area contributed by atoms with Crippen molar-refractivity contribution in [3.8, 4) is 5.75 Å². The molecule has 0 radical (unpaired) electrons. The molecule has 1 atom stereocenters. The lowest BCUT2D eigenvalue weighted by Gasteiger charge is -2.15. The predicted molar refractivity (Wildman–Crippen MR) is 74.8 cm³/mol. The third kappa shape index (κ3) is 3.79. The van der Waals surface area contributed by atoms with Crippen LogP contribution in [0.25, 0.3) is 0 Å². The zero-order chi connectivity index (χ0) is 13.1. The zero-order valence-electron chi connectivity index (χ0n) is 10.7.